The number of thiazole rings is 2. The molecule has 2 unspecified atom stereocenters. The van der Waals surface area contributed by atoms with E-state index in [4.69, 9.17) is 0 Å². The van der Waals surface area contributed by atoms with Crippen LogP contribution in [0.5, 0.6) is 0 Å². The molecule has 4 nitrogen and oxygen atoms in total. The van der Waals surface area contributed by atoms with Crippen molar-refractivity contribution in [3.8, 4) is 0 Å². The standard InChI is InChI=1S/C14H10N2O2S2/c1-7-5-15-13(20-7)10(17)12(18)14-3-2-9-11(8(14)4-14)19-6-16-9/h2-3,5-6,8H,4H2,1H3. The number of carbonyl (C=O) groups excluding carboxylic acids is 2. The Hall–Kier alpha value is -1.66. The number of allylic oxidation sites excluding steroid dienone is 1. The van der Waals surface area contributed by atoms with Crippen LogP contribution >= 0.6 is 22.7 Å². The highest BCUT2D eigenvalue weighted by Gasteiger charge is 2.62. The summed E-state index contributed by atoms with van der Waals surface area (Å²) in [5.41, 5.74) is 2.11. The zero-order valence-electron chi connectivity index (χ0n) is 10.6. The number of rotatable bonds is 3. The summed E-state index contributed by atoms with van der Waals surface area (Å²) in [7, 11) is 0. The lowest BCUT2D eigenvalue weighted by atomic mass is 9.90. The van der Waals surface area contributed by atoms with Crippen molar-refractivity contribution in [3.63, 3.8) is 0 Å². The van der Waals surface area contributed by atoms with Gasteiger partial charge in [-0.05, 0) is 19.4 Å². The lowest BCUT2D eigenvalue weighted by Gasteiger charge is -2.13. The van der Waals surface area contributed by atoms with E-state index in [0.29, 0.717) is 11.4 Å². The van der Waals surface area contributed by atoms with E-state index in [1.54, 1.807) is 23.0 Å². The Morgan fingerprint density at radius 2 is 2.25 bits per heavy atom. The quantitative estimate of drug-likeness (QED) is 0.646. The Balaban J connectivity index is 1.67. The van der Waals surface area contributed by atoms with Crippen molar-refractivity contribution >= 4 is 40.3 Å². The smallest absolute Gasteiger partial charge is 0.258 e. The summed E-state index contributed by atoms with van der Waals surface area (Å²) in [6.07, 6.45) is 6.08. The zero-order valence-corrected chi connectivity index (χ0v) is 12.3. The fourth-order valence-corrected chi connectivity index (χ4v) is 4.44. The summed E-state index contributed by atoms with van der Waals surface area (Å²) < 4.78 is 0. The largest absolute Gasteiger partial charge is 0.289 e. The van der Waals surface area contributed by atoms with Crippen molar-refractivity contribution in [3.05, 3.63) is 38.2 Å². The second-order valence-corrected chi connectivity index (χ2v) is 7.29. The van der Waals surface area contributed by atoms with Gasteiger partial charge in [-0.1, -0.05) is 6.08 Å². The van der Waals surface area contributed by atoms with E-state index in [9.17, 15) is 9.59 Å². The molecule has 0 amide bonds. The maximum Gasteiger partial charge on any atom is 0.258 e. The molecule has 0 N–H and O–H groups in total. The maximum absolute atomic E-state index is 12.6. The minimum absolute atomic E-state index is 0.132. The highest BCUT2D eigenvalue weighted by molar-refractivity contribution is 7.14. The van der Waals surface area contributed by atoms with Gasteiger partial charge in [0.25, 0.3) is 5.78 Å². The molecular weight excluding hydrogens is 292 g/mol. The summed E-state index contributed by atoms with van der Waals surface area (Å²) in [6, 6.07) is 0. The minimum Gasteiger partial charge on any atom is -0.289 e. The minimum atomic E-state index is -0.629. The van der Waals surface area contributed by atoms with Crippen LogP contribution in [0.25, 0.3) is 6.08 Å². The number of hydrogen-bond donors (Lipinski definition) is 0. The third-order valence-electron chi connectivity index (χ3n) is 3.93. The number of nitrogens with zero attached hydrogens (tertiary/aromatic N) is 2. The Morgan fingerprint density at radius 3 is 3.00 bits per heavy atom. The molecule has 20 heavy (non-hydrogen) atoms. The van der Waals surface area contributed by atoms with Crippen molar-refractivity contribution in [1.29, 1.82) is 0 Å². The monoisotopic (exact) mass is 302 g/mol. The van der Waals surface area contributed by atoms with E-state index < -0.39 is 11.2 Å². The normalized spacial score (nSPS) is 25.9. The van der Waals surface area contributed by atoms with Gasteiger partial charge in [0.05, 0.1) is 16.6 Å². The molecule has 2 aromatic heterocycles. The van der Waals surface area contributed by atoms with Crippen molar-refractivity contribution in [2.75, 3.05) is 0 Å². The van der Waals surface area contributed by atoms with E-state index in [2.05, 4.69) is 9.97 Å². The number of carbonyl (C=O) groups is 2. The molecule has 4 rings (SSSR count). The van der Waals surface area contributed by atoms with Gasteiger partial charge >= 0.3 is 0 Å². The van der Waals surface area contributed by atoms with Gasteiger partial charge in [-0.3, -0.25) is 9.59 Å². The number of hydrogen-bond acceptors (Lipinski definition) is 6. The molecule has 0 spiro atoms. The molecule has 2 aliphatic carbocycles. The number of aryl methyl sites for hydroxylation is 1. The third-order valence-corrected chi connectivity index (χ3v) is 5.80. The van der Waals surface area contributed by atoms with Crippen LogP contribution in [-0.2, 0) is 4.79 Å². The second-order valence-electron chi connectivity index (χ2n) is 5.17. The van der Waals surface area contributed by atoms with Gasteiger partial charge in [-0.2, -0.15) is 0 Å². The summed E-state index contributed by atoms with van der Waals surface area (Å²) in [5, 5.41) is 0.302. The van der Waals surface area contributed by atoms with Crippen LogP contribution in [0.15, 0.2) is 17.8 Å². The van der Waals surface area contributed by atoms with Crippen LogP contribution in [-0.4, -0.2) is 21.5 Å². The van der Waals surface area contributed by atoms with Crippen LogP contribution in [0.2, 0.25) is 0 Å². The average molecular weight is 302 g/mol. The van der Waals surface area contributed by atoms with Gasteiger partial charge in [0.15, 0.2) is 5.01 Å². The van der Waals surface area contributed by atoms with Crippen LogP contribution < -0.4 is 0 Å². The molecule has 0 saturated heterocycles. The molecule has 2 heterocycles. The molecule has 0 bridgehead atoms. The Bertz CT molecular complexity index is 774. The number of Topliss-reactive ketones (excluding diaryl/α,β-unsaturated/α-hetero) is 2. The molecule has 2 atom stereocenters. The summed E-state index contributed by atoms with van der Waals surface area (Å²) in [4.78, 5) is 35.2. The Morgan fingerprint density at radius 1 is 1.40 bits per heavy atom. The average Bonchev–Trinajstić information content (AvgIpc) is 2.82. The van der Waals surface area contributed by atoms with Gasteiger partial charge in [0, 0.05) is 21.9 Å². The van der Waals surface area contributed by atoms with Gasteiger partial charge in [0.1, 0.15) is 0 Å². The number of aromatic nitrogens is 2. The molecule has 0 aromatic carbocycles. The predicted molar refractivity (Wildman–Crippen MR) is 77.1 cm³/mol. The molecule has 1 fully saturated rings. The third kappa shape index (κ3) is 1.52. The van der Waals surface area contributed by atoms with Crippen LogP contribution in [0, 0.1) is 12.3 Å². The fraction of sp³-hybridized carbons (Fsp3) is 0.286. The van der Waals surface area contributed by atoms with Crippen LogP contribution in [0.3, 0.4) is 0 Å². The highest BCUT2D eigenvalue weighted by atomic mass is 32.1. The van der Waals surface area contributed by atoms with Gasteiger partial charge in [0.2, 0.25) is 5.78 Å². The lowest BCUT2D eigenvalue weighted by Crippen LogP contribution is -2.26. The maximum atomic E-state index is 12.6. The molecule has 1 saturated carbocycles. The van der Waals surface area contributed by atoms with Crippen LogP contribution in [0.1, 0.15) is 37.6 Å². The molecular formula is C14H10N2O2S2. The Labute approximate surface area is 123 Å². The predicted octanol–water partition coefficient (Wildman–Crippen LogP) is 2.86. The molecule has 100 valence electrons. The molecule has 0 aliphatic heterocycles. The Kier molecular flexibility index (Phi) is 2.38. The van der Waals surface area contributed by atoms with Gasteiger partial charge < -0.3 is 0 Å². The first-order valence-corrected chi connectivity index (χ1v) is 7.95. The zero-order chi connectivity index (χ0) is 13.9. The fourth-order valence-electron chi connectivity index (χ4n) is 2.76. The number of fused-ring (bicyclic) bond motifs is 3. The molecule has 0 radical (unpaired) electrons. The molecule has 6 heteroatoms. The summed E-state index contributed by atoms with van der Waals surface area (Å²) >= 11 is 2.84. The topological polar surface area (TPSA) is 59.9 Å². The van der Waals surface area contributed by atoms with Crippen molar-refractivity contribution in [1.82, 2.24) is 9.97 Å². The van der Waals surface area contributed by atoms with Gasteiger partial charge in [-0.25, -0.2) is 9.97 Å². The van der Waals surface area contributed by atoms with E-state index >= 15 is 0 Å². The summed E-state index contributed by atoms with van der Waals surface area (Å²) in [6.45, 7) is 1.88. The first-order valence-electron chi connectivity index (χ1n) is 6.26. The molecule has 2 aromatic rings. The van der Waals surface area contributed by atoms with E-state index in [0.717, 1.165) is 15.4 Å². The first-order chi connectivity index (χ1) is 9.62. The van der Waals surface area contributed by atoms with Crippen molar-refractivity contribution in [2.45, 2.75) is 19.3 Å². The van der Waals surface area contributed by atoms with Crippen molar-refractivity contribution in [2.24, 2.45) is 5.41 Å². The second kappa shape index (κ2) is 3.93. The number of ketones is 2. The summed E-state index contributed by atoms with van der Waals surface area (Å²) in [5.74, 6) is -0.650. The SMILES string of the molecule is Cc1cnc(C(=O)C(=O)C23C=Cc4ncsc4C2C3)s1. The van der Waals surface area contributed by atoms with Gasteiger partial charge in [-0.15, -0.1) is 22.7 Å². The van der Waals surface area contributed by atoms with Crippen LogP contribution in [0.4, 0.5) is 0 Å². The van der Waals surface area contributed by atoms with Crippen molar-refractivity contribution < 1.29 is 9.59 Å². The molecule has 2 aliphatic rings. The van der Waals surface area contributed by atoms with E-state index in [-0.39, 0.29) is 11.7 Å². The lowest BCUT2D eigenvalue weighted by molar-refractivity contribution is -0.118. The van der Waals surface area contributed by atoms with E-state index in [1.165, 1.54) is 11.3 Å². The first kappa shape index (κ1) is 12.1. The van der Waals surface area contributed by atoms with E-state index in [1.807, 2.05) is 19.1 Å². The highest BCUT2D eigenvalue weighted by Crippen LogP contribution is 2.65.